The van der Waals surface area contributed by atoms with Crippen molar-refractivity contribution in [2.45, 2.75) is 19.4 Å². The maximum absolute atomic E-state index is 12.7. The van der Waals surface area contributed by atoms with E-state index in [0.29, 0.717) is 0 Å². The first-order valence-corrected chi connectivity index (χ1v) is 6.44. The van der Waals surface area contributed by atoms with E-state index in [0.717, 1.165) is 19.5 Å². The van der Waals surface area contributed by atoms with Gasteiger partial charge in [0.05, 0.1) is 6.54 Å². The first kappa shape index (κ1) is 15.7. The molecule has 0 radical (unpaired) electrons. The first-order valence-electron chi connectivity index (χ1n) is 6.44. The largest absolute Gasteiger partial charge is 1.00 e. The van der Waals surface area contributed by atoms with Crippen molar-refractivity contribution in [2.24, 2.45) is 0 Å². The van der Waals surface area contributed by atoms with Crippen molar-refractivity contribution < 1.29 is 22.1 Å². The lowest BCUT2D eigenvalue weighted by Crippen LogP contribution is -3.00. The summed E-state index contributed by atoms with van der Waals surface area (Å²) < 4.78 is 12.7. The number of aryl methyl sites for hydroxylation is 1. The highest BCUT2D eigenvalue weighted by atomic mass is 35.5. The van der Waals surface area contributed by atoms with Gasteiger partial charge in [-0.15, -0.1) is 0 Å². The zero-order valence-electron chi connectivity index (χ0n) is 10.9. The molecular formula is C16H19ClFN. The molecule has 0 amide bonds. The van der Waals surface area contributed by atoms with Gasteiger partial charge in [0.2, 0.25) is 0 Å². The van der Waals surface area contributed by atoms with Crippen molar-refractivity contribution in [3.63, 3.8) is 0 Å². The Morgan fingerprint density at radius 3 is 2.21 bits per heavy atom. The maximum Gasteiger partial charge on any atom is 0.123 e. The number of quaternary nitrogens is 1. The van der Waals surface area contributed by atoms with Crippen LogP contribution in [0.4, 0.5) is 4.39 Å². The normalized spacial score (nSPS) is 9.95. The molecule has 0 fully saturated rings. The van der Waals surface area contributed by atoms with E-state index in [1.54, 1.807) is 0 Å². The third-order valence-electron chi connectivity index (χ3n) is 3.01. The van der Waals surface area contributed by atoms with E-state index < -0.39 is 0 Å². The Morgan fingerprint density at radius 2 is 1.53 bits per heavy atom. The summed E-state index contributed by atoms with van der Waals surface area (Å²) in [7, 11) is 0. The van der Waals surface area contributed by atoms with E-state index in [1.807, 2.05) is 18.2 Å². The van der Waals surface area contributed by atoms with Crippen LogP contribution in [0.1, 0.15) is 17.5 Å². The maximum atomic E-state index is 12.7. The third-order valence-corrected chi connectivity index (χ3v) is 3.01. The van der Waals surface area contributed by atoms with Crippen LogP contribution in [0.2, 0.25) is 0 Å². The van der Waals surface area contributed by atoms with Crippen LogP contribution in [-0.2, 0) is 13.0 Å². The van der Waals surface area contributed by atoms with Gasteiger partial charge in [0, 0.05) is 12.0 Å². The van der Waals surface area contributed by atoms with Gasteiger partial charge < -0.3 is 17.7 Å². The monoisotopic (exact) mass is 279 g/mol. The van der Waals surface area contributed by atoms with Crippen LogP contribution >= 0.6 is 0 Å². The minimum atomic E-state index is -0.164. The fourth-order valence-electron chi connectivity index (χ4n) is 1.98. The highest BCUT2D eigenvalue weighted by Gasteiger charge is 1.97. The van der Waals surface area contributed by atoms with Gasteiger partial charge in [-0.1, -0.05) is 42.5 Å². The third kappa shape index (κ3) is 5.86. The van der Waals surface area contributed by atoms with Crippen molar-refractivity contribution in [3.05, 3.63) is 71.5 Å². The Morgan fingerprint density at radius 1 is 0.842 bits per heavy atom. The van der Waals surface area contributed by atoms with E-state index in [-0.39, 0.29) is 18.2 Å². The molecule has 19 heavy (non-hydrogen) atoms. The molecule has 2 aromatic rings. The number of nitrogens with two attached hydrogens (primary N) is 1. The average Bonchev–Trinajstić information content (AvgIpc) is 2.42. The van der Waals surface area contributed by atoms with Crippen molar-refractivity contribution in [1.82, 2.24) is 0 Å². The van der Waals surface area contributed by atoms with Gasteiger partial charge in [-0.25, -0.2) is 4.39 Å². The Kier molecular flexibility index (Phi) is 7.16. The van der Waals surface area contributed by atoms with Crippen molar-refractivity contribution in [2.75, 3.05) is 6.54 Å². The molecule has 0 aliphatic carbocycles. The van der Waals surface area contributed by atoms with Gasteiger partial charge >= 0.3 is 0 Å². The van der Waals surface area contributed by atoms with Crippen LogP contribution < -0.4 is 17.7 Å². The van der Waals surface area contributed by atoms with Gasteiger partial charge in [0.1, 0.15) is 12.4 Å². The van der Waals surface area contributed by atoms with Gasteiger partial charge in [-0.05, 0) is 24.1 Å². The summed E-state index contributed by atoms with van der Waals surface area (Å²) >= 11 is 0. The highest BCUT2D eigenvalue weighted by Crippen LogP contribution is 2.02. The van der Waals surface area contributed by atoms with Crippen molar-refractivity contribution >= 4 is 0 Å². The molecule has 0 saturated heterocycles. The Bertz CT molecular complexity index is 456. The molecule has 0 bridgehead atoms. The van der Waals surface area contributed by atoms with Crippen LogP contribution in [-0.4, -0.2) is 6.54 Å². The van der Waals surface area contributed by atoms with Gasteiger partial charge in [0.25, 0.3) is 0 Å². The first-order chi connectivity index (χ1) is 8.84. The second-order valence-corrected chi connectivity index (χ2v) is 4.50. The minimum absolute atomic E-state index is 0. The molecule has 2 N–H and O–H groups in total. The summed E-state index contributed by atoms with van der Waals surface area (Å²) in [5.41, 5.74) is 2.57. The summed E-state index contributed by atoms with van der Waals surface area (Å²) in [6, 6.07) is 17.3. The molecule has 1 nitrogen and oxygen atoms in total. The summed E-state index contributed by atoms with van der Waals surface area (Å²) in [5, 5.41) is 2.27. The molecule has 0 atom stereocenters. The van der Waals surface area contributed by atoms with E-state index in [1.165, 1.54) is 29.7 Å². The lowest BCUT2D eigenvalue weighted by Gasteiger charge is -2.02. The number of hydrogen-bond acceptors (Lipinski definition) is 0. The SMILES string of the molecule is Fc1ccc(C[NH2+]CCCc2ccccc2)cc1.[Cl-]. The van der Waals surface area contributed by atoms with Crippen LogP contribution in [0.3, 0.4) is 0 Å². The number of halogens is 2. The summed E-state index contributed by atoms with van der Waals surface area (Å²) in [4.78, 5) is 0. The number of benzene rings is 2. The zero-order valence-corrected chi connectivity index (χ0v) is 11.6. The lowest BCUT2D eigenvalue weighted by molar-refractivity contribution is -0.670. The number of hydrogen-bond donors (Lipinski definition) is 1. The number of rotatable bonds is 6. The standard InChI is InChI=1S/C16H18FN.ClH/c17-16-10-8-15(9-11-16)13-18-12-4-7-14-5-2-1-3-6-14;/h1-3,5-6,8-11,18H,4,7,12-13H2;1H. The van der Waals surface area contributed by atoms with Crippen molar-refractivity contribution in [1.29, 1.82) is 0 Å². The van der Waals surface area contributed by atoms with Gasteiger partial charge in [-0.2, -0.15) is 0 Å². The molecule has 0 spiro atoms. The Hall–Kier alpha value is -1.38. The van der Waals surface area contributed by atoms with Gasteiger partial charge in [0.15, 0.2) is 0 Å². The molecule has 0 aliphatic rings. The molecule has 2 aromatic carbocycles. The second kappa shape index (κ2) is 8.68. The average molecular weight is 280 g/mol. The molecular weight excluding hydrogens is 261 g/mol. The molecule has 3 heteroatoms. The van der Waals surface area contributed by atoms with Crippen LogP contribution in [0, 0.1) is 5.82 Å². The smallest absolute Gasteiger partial charge is 0.123 e. The quantitative estimate of drug-likeness (QED) is 0.689. The minimum Gasteiger partial charge on any atom is -1.00 e. The predicted molar refractivity (Wildman–Crippen MR) is 71.7 cm³/mol. The highest BCUT2D eigenvalue weighted by molar-refractivity contribution is 5.15. The van der Waals surface area contributed by atoms with E-state index >= 15 is 0 Å². The molecule has 0 aliphatic heterocycles. The predicted octanol–water partition coefficient (Wildman–Crippen LogP) is -0.474. The Labute approximate surface area is 120 Å². The van der Waals surface area contributed by atoms with Crippen LogP contribution in [0.15, 0.2) is 54.6 Å². The van der Waals surface area contributed by atoms with Crippen molar-refractivity contribution in [3.8, 4) is 0 Å². The summed E-state index contributed by atoms with van der Waals surface area (Å²) in [6.07, 6.45) is 2.30. The molecule has 0 aromatic heterocycles. The van der Waals surface area contributed by atoms with Crippen LogP contribution in [0.5, 0.6) is 0 Å². The summed E-state index contributed by atoms with van der Waals surface area (Å²) in [6.45, 7) is 2.03. The Balaban J connectivity index is 0.00000180. The fourth-order valence-corrected chi connectivity index (χ4v) is 1.98. The topological polar surface area (TPSA) is 16.6 Å². The zero-order chi connectivity index (χ0) is 12.6. The summed E-state index contributed by atoms with van der Waals surface area (Å²) in [5.74, 6) is -0.164. The molecule has 0 unspecified atom stereocenters. The van der Waals surface area contributed by atoms with E-state index in [2.05, 4.69) is 29.6 Å². The fraction of sp³-hybridized carbons (Fsp3) is 0.250. The molecule has 0 saturated carbocycles. The lowest BCUT2D eigenvalue weighted by atomic mass is 10.1. The second-order valence-electron chi connectivity index (χ2n) is 4.50. The molecule has 2 rings (SSSR count). The van der Waals surface area contributed by atoms with E-state index in [4.69, 9.17) is 0 Å². The molecule has 0 heterocycles. The molecule has 102 valence electrons. The van der Waals surface area contributed by atoms with E-state index in [9.17, 15) is 4.39 Å². The van der Waals surface area contributed by atoms with Crippen LogP contribution in [0.25, 0.3) is 0 Å². The van der Waals surface area contributed by atoms with Gasteiger partial charge in [-0.3, -0.25) is 0 Å².